The van der Waals surface area contributed by atoms with E-state index in [1.807, 2.05) is 12.1 Å². The first-order chi connectivity index (χ1) is 15.3. The van der Waals surface area contributed by atoms with Gasteiger partial charge in [-0.05, 0) is 53.4 Å². The van der Waals surface area contributed by atoms with Crippen molar-refractivity contribution in [3.63, 3.8) is 0 Å². The molecule has 6 nitrogen and oxygen atoms in total. The molecule has 0 unspecified atom stereocenters. The molecule has 0 saturated heterocycles. The predicted molar refractivity (Wildman–Crippen MR) is 129 cm³/mol. The maximum Gasteiger partial charge on any atom is 0.264 e. The molecule has 0 bridgehead atoms. The number of hydrogen-bond acceptors (Lipinski definition) is 4. The Morgan fingerprint density at radius 1 is 1.00 bits per heavy atom. The van der Waals surface area contributed by atoms with E-state index in [9.17, 15) is 13.2 Å². The van der Waals surface area contributed by atoms with Crippen molar-refractivity contribution in [3.8, 4) is 0 Å². The zero-order valence-electron chi connectivity index (χ0n) is 17.8. The zero-order valence-corrected chi connectivity index (χ0v) is 19.3. The summed E-state index contributed by atoms with van der Waals surface area (Å²) in [5, 5.41) is 4.51. The van der Waals surface area contributed by atoms with Crippen LogP contribution in [0.1, 0.15) is 30.9 Å². The van der Waals surface area contributed by atoms with Crippen molar-refractivity contribution in [3.05, 3.63) is 95.0 Å². The van der Waals surface area contributed by atoms with Crippen LogP contribution in [-0.4, -0.2) is 27.1 Å². The minimum atomic E-state index is -3.96. The third-order valence-corrected chi connectivity index (χ3v) is 6.78. The molecule has 0 aliphatic rings. The molecule has 32 heavy (non-hydrogen) atoms. The number of halogens is 1. The van der Waals surface area contributed by atoms with Gasteiger partial charge in [0.15, 0.2) is 0 Å². The molecule has 1 N–H and O–H groups in total. The molecule has 0 aliphatic heterocycles. The molecule has 0 heterocycles. The first-order valence-corrected chi connectivity index (χ1v) is 11.8. The molecule has 8 heteroatoms. The van der Waals surface area contributed by atoms with Crippen molar-refractivity contribution in [2.24, 2.45) is 5.10 Å². The molecule has 1 amide bonds. The van der Waals surface area contributed by atoms with Crippen molar-refractivity contribution in [1.29, 1.82) is 0 Å². The van der Waals surface area contributed by atoms with Gasteiger partial charge in [-0.15, -0.1) is 0 Å². The number of anilines is 1. The van der Waals surface area contributed by atoms with Crippen molar-refractivity contribution < 1.29 is 13.2 Å². The number of nitrogens with one attached hydrogen (secondary N) is 1. The van der Waals surface area contributed by atoms with Gasteiger partial charge in [-0.1, -0.05) is 67.9 Å². The molecule has 0 atom stereocenters. The number of hydrazone groups is 1. The van der Waals surface area contributed by atoms with Crippen LogP contribution < -0.4 is 9.73 Å². The van der Waals surface area contributed by atoms with Gasteiger partial charge in [-0.2, -0.15) is 5.10 Å². The summed E-state index contributed by atoms with van der Waals surface area (Å²) in [7, 11) is -3.96. The highest BCUT2D eigenvalue weighted by molar-refractivity contribution is 7.92. The molecule has 0 saturated carbocycles. The lowest BCUT2D eigenvalue weighted by atomic mass is 10.0. The van der Waals surface area contributed by atoms with Gasteiger partial charge in [0.05, 0.1) is 16.8 Å². The van der Waals surface area contributed by atoms with Crippen molar-refractivity contribution >= 4 is 39.4 Å². The van der Waals surface area contributed by atoms with Crippen LogP contribution in [0, 0.1) is 0 Å². The number of sulfonamides is 1. The second-order valence-electron chi connectivity index (χ2n) is 7.42. The van der Waals surface area contributed by atoms with Gasteiger partial charge in [0.1, 0.15) is 6.54 Å². The Bertz CT molecular complexity index is 1180. The van der Waals surface area contributed by atoms with Crippen LogP contribution in [0.25, 0.3) is 0 Å². The lowest BCUT2D eigenvalue weighted by Gasteiger charge is -2.24. The van der Waals surface area contributed by atoms with Crippen LogP contribution in [0.2, 0.25) is 5.02 Å². The Morgan fingerprint density at radius 3 is 2.22 bits per heavy atom. The number of hydrogen-bond donors (Lipinski definition) is 1. The maximum atomic E-state index is 13.3. The van der Waals surface area contributed by atoms with Crippen LogP contribution in [0.3, 0.4) is 0 Å². The minimum Gasteiger partial charge on any atom is -0.271 e. The molecule has 166 valence electrons. The number of benzene rings is 3. The number of carbonyl (C=O) groups excluding carboxylic acids is 1. The Labute approximate surface area is 193 Å². The van der Waals surface area contributed by atoms with Crippen LogP contribution >= 0.6 is 11.6 Å². The number of carbonyl (C=O) groups is 1. The second-order valence-corrected chi connectivity index (χ2v) is 9.71. The largest absolute Gasteiger partial charge is 0.271 e. The Kier molecular flexibility index (Phi) is 7.66. The van der Waals surface area contributed by atoms with Gasteiger partial charge in [0.2, 0.25) is 0 Å². The fourth-order valence-corrected chi connectivity index (χ4v) is 4.52. The smallest absolute Gasteiger partial charge is 0.264 e. The Hall–Kier alpha value is -3.16. The van der Waals surface area contributed by atoms with Crippen LogP contribution in [0.5, 0.6) is 0 Å². The molecule has 0 radical (unpaired) electrons. The highest BCUT2D eigenvalue weighted by Gasteiger charge is 2.27. The normalized spacial score (nSPS) is 11.6. The van der Waals surface area contributed by atoms with Crippen LogP contribution in [0.4, 0.5) is 5.69 Å². The quantitative estimate of drug-likeness (QED) is 0.380. The molecule has 0 spiro atoms. The zero-order chi connectivity index (χ0) is 23.1. The lowest BCUT2D eigenvalue weighted by molar-refractivity contribution is -0.119. The minimum absolute atomic E-state index is 0.102. The molecule has 0 aliphatic carbocycles. The Morgan fingerprint density at radius 2 is 1.62 bits per heavy atom. The highest BCUT2D eigenvalue weighted by atomic mass is 35.5. The second kappa shape index (κ2) is 10.4. The van der Waals surface area contributed by atoms with E-state index in [2.05, 4.69) is 24.4 Å². The van der Waals surface area contributed by atoms with Gasteiger partial charge in [0, 0.05) is 5.02 Å². The number of nitrogens with zero attached hydrogens (tertiary/aromatic N) is 2. The lowest BCUT2D eigenvalue weighted by Crippen LogP contribution is -2.39. The first kappa shape index (κ1) is 23.5. The molecular weight excluding hydrogens is 446 g/mol. The van der Waals surface area contributed by atoms with E-state index in [-0.39, 0.29) is 4.90 Å². The van der Waals surface area contributed by atoms with E-state index in [1.54, 1.807) is 54.6 Å². The predicted octanol–water partition coefficient (Wildman–Crippen LogP) is 4.81. The topological polar surface area (TPSA) is 78.8 Å². The molecule has 3 aromatic rings. The molecular formula is C24H24ClN3O3S. The van der Waals surface area contributed by atoms with E-state index in [1.165, 1.54) is 18.3 Å². The Balaban J connectivity index is 1.83. The highest BCUT2D eigenvalue weighted by Crippen LogP contribution is 2.25. The summed E-state index contributed by atoms with van der Waals surface area (Å²) in [6.07, 6.45) is 1.46. The fraction of sp³-hybridized carbons (Fsp3) is 0.167. The number of rotatable bonds is 8. The molecule has 0 fully saturated rings. The maximum absolute atomic E-state index is 13.3. The molecule has 0 aromatic heterocycles. The first-order valence-electron chi connectivity index (χ1n) is 10.0. The van der Waals surface area contributed by atoms with Crippen LogP contribution in [-0.2, 0) is 14.8 Å². The monoisotopic (exact) mass is 469 g/mol. The summed E-state index contributed by atoms with van der Waals surface area (Å²) in [5.41, 5.74) is 4.60. The van der Waals surface area contributed by atoms with E-state index >= 15 is 0 Å². The average molecular weight is 470 g/mol. The van der Waals surface area contributed by atoms with E-state index in [4.69, 9.17) is 11.6 Å². The van der Waals surface area contributed by atoms with Gasteiger partial charge >= 0.3 is 0 Å². The summed E-state index contributed by atoms with van der Waals surface area (Å²) < 4.78 is 27.7. The van der Waals surface area contributed by atoms with Crippen molar-refractivity contribution in [2.75, 3.05) is 10.8 Å². The standard InChI is InChI=1S/C24H24ClN3O3S/c1-18(2)20-10-14-22(15-11-20)28(32(30,31)23-6-4-3-5-7-23)17-24(29)27-26-16-19-8-12-21(25)13-9-19/h3-16,18H,17H2,1-2H3,(H,27,29)/b26-16-. The average Bonchev–Trinajstić information content (AvgIpc) is 2.79. The van der Waals surface area contributed by atoms with Gasteiger partial charge in [-0.3, -0.25) is 9.10 Å². The van der Waals surface area contributed by atoms with Gasteiger partial charge in [-0.25, -0.2) is 13.8 Å². The van der Waals surface area contributed by atoms with Crippen LogP contribution in [0.15, 0.2) is 88.9 Å². The SMILES string of the molecule is CC(C)c1ccc(N(CC(=O)N/N=C\c2ccc(Cl)cc2)S(=O)(=O)c2ccccc2)cc1. The third-order valence-electron chi connectivity index (χ3n) is 4.74. The van der Waals surface area contributed by atoms with Crippen molar-refractivity contribution in [1.82, 2.24) is 5.43 Å². The summed E-state index contributed by atoms with van der Waals surface area (Å²) in [4.78, 5) is 12.7. The molecule has 3 rings (SSSR count). The van der Waals surface area contributed by atoms with E-state index in [0.717, 1.165) is 15.4 Å². The van der Waals surface area contributed by atoms with Gasteiger partial charge < -0.3 is 0 Å². The third kappa shape index (κ3) is 5.96. The fourth-order valence-electron chi connectivity index (χ4n) is 2.95. The number of amides is 1. The van der Waals surface area contributed by atoms with Crippen molar-refractivity contribution in [2.45, 2.75) is 24.7 Å². The summed E-state index contributed by atoms with van der Waals surface area (Å²) in [6, 6.07) is 22.1. The van der Waals surface area contributed by atoms with E-state index in [0.29, 0.717) is 16.6 Å². The van der Waals surface area contributed by atoms with E-state index < -0.39 is 22.5 Å². The summed E-state index contributed by atoms with van der Waals surface area (Å²) >= 11 is 5.86. The summed E-state index contributed by atoms with van der Waals surface area (Å²) in [5.74, 6) is -0.267. The summed E-state index contributed by atoms with van der Waals surface area (Å²) in [6.45, 7) is 3.69. The molecule has 3 aromatic carbocycles. The van der Waals surface area contributed by atoms with Gasteiger partial charge in [0.25, 0.3) is 15.9 Å².